The Morgan fingerprint density at radius 3 is 2.32 bits per heavy atom. The van der Waals surface area contributed by atoms with Crippen molar-refractivity contribution in [3.8, 4) is 11.5 Å². The molecule has 0 saturated heterocycles. The summed E-state index contributed by atoms with van der Waals surface area (Å²) in [4.78, 5) is 27.5. The van der Waals surface area contributed by atoms with Crippen LogP contribution in [0.5, 0.6) is 11.5 Å². The first-order valence-electron chi connectivity index (χ1n) is 8.20. The lowest BCUT2D eigenvalue weighted by atomic mass is 9.88. The molecule has 6 heteroatoms. The fraction of sp³-hybridized carbons (Fsp3) is 0.316. The van der Waals surface area contributed by atoms with Crippen LogP contribution in [0.3, 0.4) is 0 Å². The van der Waals surface area contributed by atoms with Gasteiger partial charge in [0, 0.05) is 11.8 Å². The standard InChI is InChI=1S/C19H22N2O4/c1-3-19(4-2,12-17(22)23)21-18(24)14-7-9-15(10-8-14)25-16-6-5-11-20-13-16/h5-11,13H,3-4,12H2,1-2H3,(H,21,24)(H,22,23). The van der Waals surface area contributed by atoms with Crippen LogP contribution in [-0.2, 0) is 4.79 Å². The van der Waals surface area contributed by atoms with E-state index in [2.05, 4.69) is 10.3 Å². The monoisotopic (exact) mass is 342 g/mol. The minimum absolute atomic E-state index is 0.103. The van der Waals surface area contributed by atoms with Gasteiger partial charge in [0.1, 0.15) is 11.5 Å². The summed E-state index contributed by atoms with van der Waals surface area (Å²) >= 11 is 0. The third kappa shape index (κ3) is 5.04. The molecule has 0 unspecified atom stereocenters. The van der Waals surface area contributed by atoms with Crippen LogP contribution in [-0.4, -0.2) is 27.5 Å². The van der Waals surface area contributed by atoms with Crippen LogP contribution in [0.15, 0.2) is 48.8 Å². The first kappa shape index (κ1) is 18.4. The van der Waals surface area contributed by atoms with Crippen molar-refractivity contribution in [2.75, 3.05) is 0 Å². The molecule has 0 bridgehead atoms. The third-order valence-corrected chi connectivity index (χ3v) is 4.21. The zero-order valence-electron chi connectivity index (χ0n) is 14.4. The number of carboxylic acid groups (broad SMARTS) is 1. The molecule has 0 aliphatic carbocycles. The Balaban J connectivity index is 2.07. The van der Waals surface area contributed by atoms with Crippen LogP contribution < -0.4 is 10.1 Å². The summed E-state index contributed by atoms with van der Waals surface area (Å²) in [6.07, 6.45) is 4.25. The van der Waals surface area contributed by atoms with Crippen molar-refractivity contribution in [2.45, 2.75) is 38.6 Å². The van der Waals surface area contributed by atoms with E-state index in [1.807, 2.05) is 13.8 Å². The average Bonchev–Trinajstić information content (AvgIpc) is 2.62. The van der Waals surface area contributed by atoms with Gasteiger partial charge in [0.15, 0.2) is 0 Å². The van der Waals surface area contributed by atoms with Gasteiger partial charge in [-0.15, -0.1) is 0 Å². The van der Waals surface area contributed by atoms with Gasteiger partial charge in [-0.2, -0.15) is 0 Å². The van der Waals surface area contributed by atoms with E-state index < -0.39 is 11.5 Å². The Kier molecular flexibility index (Phi) is 6.11. The SMILES string of the molecule is CCC(CC)(CC(=O)O)NC(=O)c1ccc(Oc2cccnc2)cc1. The molecule has 6 nitrogen and oxygen atoms in total. The number of carbonyl (C=O) groups is 2. The highest BCUT2D eigenvalue weighted by atomic mass is 16.5. The highest BCUT2D eigenvalue weighted by Gasteiger charge is 2.31. The van der Waals surface area contributed by atoms with Crippen molar-refractivity contribution in [2.24, 2.45) is 0 Å². The van der Waals surface area contributed by atoms with Gasteiger partial charge in [-0.1, -0.05) is 13.8 Å². The number of amides is 1. The Bertz CT molecular complexity index is 710. The predicted octanol–water partition coefficient (Wildman–Crippen LogP) is 3.64. The van der Waals surface area contributed by atoms with Gasteiger partial charge in [0.25, 0.3) is 5.91 Å². The fourth-order valence-electron chi connectivity index (χ4n) is 2.54. The van der Waals surface area contributed by atoms with Crippen molar-refractivity contribution >= 4 is 11.9 Å². The van der Waals surface area contributed by atoms with Gasteiger partial charge in [0.2, 0.25) is 0 Å². The van der Waals surface area contributed by atoms with E-state index in [1.54, 1.807) is 48.8 Å². The second-order valence-corrected chi connectivity index (χ2v) is 5.83. The summed E-state index contributed by atoms with van der Waals surface area (Å²) in [6.45, 7) is 3.75. The van der Waals surface area contributed by atoms with E-state index in [1.165, 1.54) is 0 Å². The summed E-state index contributed by atoms with van der Waals surface area (Å²) in [7, 11) is 0. The van der Waals surface area contributed by atoms with Crippen LogP contribution in [0.2, 0.25) is 0 Å². The van der Waals surface area contributed by atoms with E-state index in [4.69, 9.17) is 9.84 Å². The summed E-state index contributed by atoms with van der Waals surface area (Å²) in [5.41, 5.74) is -0.288. The molecule has 0 saturated carbocycles. The number of nitrogens with one attached hydrogen (secondary N) is 1. The zero-order valence-corrected chi connectivity index (χ0v) is 14.4. The molecule has 0 spiro atoms. The number of nitrogens with zero attached hydrogens (tertiary/aromatic N) is 1. The summed E-state index contributed by atoms with van der Waals surface area (Å²) in [6, 6.07) is 10.2. The number of carboxylic acids is 1. The van der Waals surface area contributed by atoms with Crippen LogP contribution >= 0.6 is 0 Å². The topological polar surface area (TPSA) is 88.5 Å². The Labute approximate surface area is 146 Å². The lowest BCUT2D eigenvalue weighted by Gasteiger charge is -2.31. The van der Waals surface area contributed by atoms with E-state index in [9.17, 15) is 9.59 Å². The number of rotatable bonds is 8. The van der Waals surface area contributed by atoms with Crippen LogP contribution in [0, 0.1) is 0 Å². The summed E-state index contributed by atoms with van der Waals surface area (Å²) < 4.78 is 5.64. The molecule has 0 radical (unpaired) electrons. The number of ether oxygens (including phenoxy) is 1. The lowest BCUT2D eigenvalue weighted by molar-refractivity contribution is -0.138. The molecular weight excluding hydrogens is 320 g/mol. The molecule has 25 heavy (non-hydrogen) atoms. The second kappa shape index (κ2) is 8.28. The highest BCUT2D eigenvalue weighted by Crippen LogP contribution is 2.23. The van der Waals surface area contributed by atoms with Crippen LogP contribution in [0.4, 0.5) is 0 Å². The average molecular weight is 342 g/mol. The molecule has 2 rings (SSSR count). The normalized spacial score (nSPS) is 11.0. The van der Waals surface area contributed by atoms with Crippen LogP contribution in [0.25, 0.3) is 0 Å². The van der Waals surface area contributed by atoms with E-state index in [-0.39, 0.29) is 12.3 Å². The summed E-state index contributed by atoms with van der Waals surface area (Å²) in [5, 5.41) is 12.0. The molecule has 1 aromatic carbocycles. The maximum Gasteiger partial charge on any atom is 0.305 e. The van der Waals surface area contributed by atoms with E-state index >= 15 is 0 Å². The molecule has 0 aliphatic heterocycles. The van der Waals surface area contributed by atoms with Gasteiger partial charge >= 0.3 is 5.97 Å². The van der Waals surface area contributed by atoms with Crippen molar-refractivity contribution in [1.29, 1.82) is 0 Å². The summed E-state index contributed by atoms with van der Waals surface area (Å²) in [5.74, 6) is -0.0217. The van der Waals surface area contributed by atoms with Crippen molar-refractivity contribution in [3.05, 3.63) is 54.4 Å². The molecule has 0 aliphatic rings. The quantitative estimate of drug-likeness (QED) is 0.764. The molecular formula is C19H22N2O4. The lowest BCUT2D eigenvalue weighted by Crippen LogP contribution is -2.49. The van der Waals surface area contributed by atoms with Gasteiger partial charge in [-0.05, 0) is 49.2 Å². The third-order valence-electron chi connectivity index (χ3n) is 4.21. The molecule has 132 valence electrons. The van der Waals surface area contributed by atoms with E-state index in [0.29, 0.717) is 29.9 Å². The molecule has 1 aromatic heterocycles. The molecule has 1 amide bonds. The predicted molar refractivity (Wildman–Crippen MR) is 93.8 cm³/mol. The Hall–Kier alpha value is -2.89. The van der Waals surface area contributed by atoms with Crippen molar-refractivity contribution in [1.82, 2.24) is 10.3 Å². The number of aromatic nitrogens is 1. The van der Waals surface area contributed by atoms with Crippen molar-refractivity contribution in [3.63, 3.8) is 0 Å². The van der Waals surface area contributed by atoms with Gasteiger partial charge in [0.05, 0.1) is 18.2 Å². The molecule has 1 heterocycles. The van der Waals surface area contributed by atoms with Crippen molar-refractivity contribution < 1.29 is 19.4 Å². The zero-order chi connectivity index (χ0) is 18.3. The van der Waals surface area contributed by atoms with E-state index in [0.717, 1.165) is 0 Å². The van der Waals surface area contributed by atoms with Gasteiger partial charge in [-0.25, -0.2) is 0 Å². The van der Waals surface area contributed by atoms with Gasteiger partial charge in [-0.3, -0.25) is 14.6 Å². The number of pyridine rings is 1. The first-order valence-corrected chi connectivity index (χ1v) is 8.20. The smallest absolute Gasteiger partial charge is 0.305 e. The minimum atomic E-state index is -0.927. The highest BCUT2D eigenvalue weighted by molar-refractivity contribution is 5.95. The molecule has 2 N–H and O–H groups in total. The van der Waals surface area contributed by atoms with Crippen LogP contribution in [0.1, 0.15) is 43.5 Å². The second-order valence-electron chi connectivity index (χ2n) is 5.83. The fourth-order valence-corrected chi connectivity index (χ4v) is 2.54. The Morgan fingerprint density at radius 2 is 1.80 bits per heavy atom. The number of carbonyl (C=O) groups excluding carboxylic acids is 1. The maximum atomic E-state index is 12.5. The molecule has 0 fully saturated rings. The molecule has 2 aromatic rings. The number of benzene rings is 1. The number of hydrogen-bond donors (Lipinski definition) is 2. The largest absolute Gasteiger partial charge is 0.481 e. The Morgan fingerprint density at radius 1 is 1.12 bits per heavy atom. The number of hydrogen-bond acceptors (Lipinski definition) is 4. The maximum absolute atomic E-state index is 12.5. The first-order chi connectivity index (χ1) is 12.0. The number of aliphatic carboxylic acids is 1. The van der Waals surface area contributed by atoms with Gasteiger partial charge < -0.3 is 15.2 Å². The molecule has 0 atom stereocenters. The minimum Gasteiger partial charge on any atom is -0.481 e.